The molecule has 3 aliphatic rings. The van der Waals surface area contributed by atoms with Crippen LogP contribution in [0.5, 0.6) is 0 Å². The van der Waals surface area contributed by atoms with Gasteiger partial charge in [0.25, 0.3) is 0 Å². The van der Waals surface area contributed by atoms with E-state index in [9.17, 15) is 0 Å². The van der Waals surface area contributed by atoms with Gasteiger partial charge < -0.3 is 0 Å². The van der Waals surface area contributed by atoms with Crippen LogP contribution in [-0.4, -0.2) is 0 Å². The largest absolute Gasteiger partial charge is 0.124 e. The van der Waals surface area contributed by atoms with E-state index in [4.69, 9.17) is 0 Å². The molecule has 96 valence electrons. The van der Waals surface area contributed by atoms with Gasteiger partial charge in [-0.3, -0.25) is 0 Å². The molecule has 3 rings (SSSR count). The first kappa shape index (κ1) is 13.0. The number of hydrogen-bond donors (Lipinski definition) is 0. The molecule has 0 N–H and O–H groups in total. The first-order valence-corrected chi connectivity index (χ1v) is 7.71. The summed E-state index contributed by atoms with van der Waals surface area (Å²) in [5.41, 5.74) is 0. The molecule has 0 aromatic carbocycles. The average Bonchev–Trinajstić information content (AvgIpc) is 2.87. The van der Waals surface area contributed by atoms with Gasteiger partial charge in [-0.05, 0) is 55.3 Å². The molecule has 0 heteroatoms. The second-order valence-electron chi connectivity index (χ2n) is 6.45. The third-order valence-corrected chi connectivity index (χ3v) is 5.89. The molecule has 0 spiro atoms. The van der Waals surface area contributed by atoms with E-state index in [1.807, 2.05) is 0 Å². The zero-order valence-corrected chi connectivity index (χ0v) is 11.4. The van der Waals surface area contributed by atoms with Gasteiger partial charge in [0.2, 0.25) is 0 Å². The average molecular weight is 232 g/mol. The van der Waals surface area contributed by atoms with Gasteiger partial charge >= 0.3 is 0 Å². The van der Waals surface area contributed by atoms with Crippen LogP contribution < -0.4 is 0 Å². The van der Waals surface area contributed by atoms with Gasteiger partial charge in [0.15, 0.2) is 0 Å². The van der Waals surface area contributed by atoms with Gasteiger partial charge in [0.1, 0.15) is 0 Å². The lowest BCUT2D eigenvalue weighted by Crippen LogP contribution is -2.42. The molecule has 4 atom stereocenters. The minimum atomic E-state index is 1.12. The summed E-state index contributed by atoms with van der Waals surface area (Å²) in [6.07, 6.45) is 22.0. The maximum absolute atomic E-state index is 4.00. The van der Waals surface area contributed by atoms with Crippen LogP contribution in [0, 0.1) is 42.4 Å². The third-order valence-electron chi connectivity index (χ3n) is 5.89. The second kappa shape index (κ2) is 5.94. The highest BCUT2D eigenvalue weighted by atomic mass is 14.5. The van der Waals surface area contributed by atoms with Gasteiger partial charge in [-0.2, -0.15) is 0 Å². The van der Waals surface area contributed by atoms with Gasteiger partial charge in [-0.15, -0.1) is 12.8 Å². The zero-order chi connectivity index (χ0) is 12.3. The molecule has 0 saturated heterocycles. The Morgan fingerprint density at radius 1 is 0.824 bits per heavy atom. The van der Waals surface area contributed by atoms with Crippen molar-refractivity contribution in [3.05, 3.63) is 0 Å². The minimum absolute atomic E-state index is 1.12. The molecule has 3 saturated carbocycles. The molecule has 0 amide bonds. The standard InChI is InChI=1S/C15H26.C2H2/c1-2-11-9-14-8-7-13(10-15(11)14)12-5-3-4-6-12;1-2/h11-15H,2-10H2,1H3;1-2H. The van der Waals surface area contributed by atoms with Crippen LogP contribution in [0.3, 0.4) is 0 Å². The zero-order valence-electron chi connectivity index (χ0n) is 11.4. The Labute approximate surface area is 108 Å². The summed E-state index contributed by atoms with van der Waals surface area (Å²) in [6.45, 7) is 2.40. The predicted octanol–water partition coefficient (Wildman–Crippen LogP) is 4.89. The molecule has 3 fully saturated rings. The Balaban J connectivity index is 0.000000514. The van der Waals surface area contributed by atoms with Crippen LogP contribution in [0.2, 0.25) is 0 Å². The smallest absolute Gasteiger partial charge is 0.0355 e. The van der Waals surface area contributed by atoms with Crippen LogP contribution in [-0.2, 0) is 0 Å². The van der Waals surface area contributed by atoms with E-state index in [1.165, 1.54) is 19.3 Å². The van der Waals surface area contributed by atoms with Crippen molar-refractivity contribution < 1.29 is 0 Å². The van der Waals surface area contributed by atoms with Crippen LogP contribution in [0.15, 0.2) is 0 Å². The van der Waals surface area contributed by atoms with Crippen molar-refractivity contribution in [3.63, 3.8) is 0 Å². The molecule has 3 aliphatic carbocycles. The van der Waals surface area contributed by atoms with Gasteiger partial charge in [-0.1, -0.05) is 39.0 Å². The van der Waals surface area contributed by atoms with Crippen molar-refractivity contribution in [1.29, 1.82) is 0 Å². The molecule has 17 heavy (non-hydrogen) atoms. The molecule has 0 nitrogen and oxygen atoms in total. The van der Waals surface area contributed by atoms with Gasteiger partial charge in [0, 0.05) is 0 Å². The molecule has 0 aromatic heterocycles. The lowest BCUT2D eigenvalue weighted by atomic mass is 9.54. The highest BCUT2D eigenvalue weighted by Gasteiger charge is 2.44. The van der Waals surface area contributed by atoms with E-state index >= 15 is 0 Å². The van der Waals surface area contributed by atoms with Crippen LogP contribution >= 0.6 is 0 Å². The lowest BCUT2D eigenvalue weighted by Gasteiger charge is -2.51. The normalized spacial score (nSPS) is 40.9. The predicted molar refractivity (Wildman–Crippen MR) is 74.6 cm³/mol. The van der Waals surface area contributed by atoms with E-state index in [0.717, 1.165) is 29.6 Å². The van der Waals surface area contributed by atoms with E-state index in [-0.39, 0.29) is 0 Å². The minimum Gasteiger partial charge on any atom is -0.124 e. The Bertz CT molecular complexity index is 242. The molecule has 0 aliphatic heterocycles. The summed E-state index contributed by atoms with van der Waals surface area (Å²) in [6, 6.07) is 0. The van der Waals surface area contributed by atoms with E-state index in [1.54, 1.807) is 38.5 Å². The summed E-state index contributed by atoms with van der Waals surface area (Å²) in [7, 11) is 0. The summed E-state index contributed by atoms with van der Waals surface area (Å²) in [5.74, 6) is 5.73. The van der Waals surface area contributed by atoms with Crippen LogP contribution in [0.25, 0.3) is 0 Å². The fourth-order valence-electron chi connectivity index (χ4n) is 4.87. The Hall–Kier alpha value is -0.440. The van der Waals surface area contributed by atoms with E-state index in [2.05, 4.69) is 19.8 Å². The third kappa shape index (κ3) is 2.54. The number of fused-ring (bicyclic) bond motifs is 1. The Kier molecular flexibility index (Phi) is 4.55. The maximum atomic E-state index is 4.00. The molecule has 4 unspecified atom stereocenters. The number of hydrogen-bond acceptors (Lipinski definition) is 0. The van der Waals surface area contributed by atoms with Crippen molar-refractivity contribution in [3.8, 4) is 12.8 Å². The monoisotopic (exact) mass is 232 g/mol. The van der Waals surface area contributed by atoms with Crippen molar-refractivity contribution in [2.75, 3.05) is 0 Å². The highest BCUT2D eigenvalue weighted by Crippen LogP contribution is 2.54. The first-order valence-electron chi connectivity index (χ1n) is 7.71. The highest BCUT2D eigenvalue weighted by molar-refractivity contribution is 4.95. The molecular formula is C17H28. The summed E-state index contributed by atoms with van der Waals surface area (Å²) >= 11 is 0. The van der Waals surface area contributed by atoms with Crippen molar-refractivity contribution >= 4 is 0 Å². The Morgan fingerprint density at radius 3 is 2.12 bits per heavy atom. The molecular weight excluding hydrogens is 204 g/mol. The number of terminal acetylenes is 1. The molecule has 0 bridgehead atoms. The SMILES string of the molecule is C#C.CCC1CC2CCC(C3CCCC3)CC12. The van der Waals surface area contributed by atoms with Gasteiger partial charge in [0.05, 0.1) is 0 Å². The quantitative estimate of drug-likeness (QED) is 0.595. The molecule has 0 radical (unpaired) electrons. The maximum Gasteiger partial charge on any atom is -0.0355 e. The summed E-state index contributed by atoms with van der Waals surface area (Å²) in [5, 5.41) is 0. The van der Waals surface area contributed by atoms with Gasteiger partial charge in [-0.25, -0.2) is 0 Å². The molecule has 0 aromatic rings. The first-order chi connectivity index (χ1) is 8.38. The van der Waals surface area contributed by atoms with Crippen molar-refractivity contribution in [2.45, 2.75) is 64.7 Å². The summed E-state index contributed by atoms with van der Waals surface area (Å²) in [4.78, 5) is 0. The van der Waals surface area contributed by atoms with Crippen LogP contribution in [0.4, 0.5) is 0 Å². The van der Waals surface area contributed by atoms with Crippen LogP contribution in [0.1, 0.15) is 64.7 Å². The second-order valence-corrected chi connectivity index (χ2v) is 6.45. The summed E-state index contributed by atoms with van der Waals surface area (Å²) < 4.78 is 0. The fraction of sp³-hybridized carbons (Fsp3) is 0.882. The number of rotatable bonds is 2. The molecule has 0 heterocycles. The topological polar surface area (TPSA) is 0 Å². The van der Waals surface area contributed by atoms with E-state index < -0.39 is 0 Å². The Morgan fingerprint density at radius 2 is 1.47 bits per heavy atom. The van der Waals surface area contributed by atoms with Crippen molar-refractivity contribution in [1.82, 2.24) is 0 Å². The fourth-order valence-corrected chi connectivity index (χ4v) is 4.87. The lowest BCUT2D eigenvalue weighted by molar-refractivity contribution is -0.00929. The van der Waals surface area contributed by atoms with Crippen molar-refractivity contribution in [2.24, 2.45) is 29.6 Å². The van der Waals surface area contributed by atoms with E-state index in [0.29, 0.717) is 0 Å².